The Labute approximate surface area is 173 Å². The third kappa shape index (κ3) is 3.92. The monoisotopic (exact) mass is 414 g/mol. The molecule has 2 aliphatic heterocycles. The van der Waals surface area contributed by atoms with Crippen molar-refractivity contribution < 1.29 is 13.2 Å². The molecule has 2 aromatic carbocycles. The lowest BCUT2D eigenvalue weighted by molar-refractivity contribution is -0.143. The summed E-state index contributed by atoms with van der Waals surface area (Å²) in [6.07, 6.45) is 4.49. The van der Waals surface area contributed by atoms with Crippen molar-refractivity contribution in [3.8, 4) is 0 Å². The van der Waals surface area contributed by atoms with Crippen LogP contribution in [0.25, 0.3) is 10.8 Å². The third-order valence-electron chi connectivity index (χ3n) is 6.61. The largest absolute Gasteiger partial charge is 0.337 e. The van der Waals surface area contributed by atoms with Crippen molar-refractivity contribution in [1.29, 1.82) is 0 Å². The molecule has 0 N–H and O–H groups in total. The van der Waals surface area contributed by atoms with Crippen LogP contribution in [0.3, 0.4) is 0 Å². The van der Waals surface area contributed by atoms with E-state index < -0.39 is 10.0 Å². The number of likely N-dealkylation sites (tertiary alicyclic amines) is 1. The Balaban J connectivity index is 1.46. The van der Waals surface area contributed by atoms with Crippen LogP contribution in [0.5, 0.6) is 0 Å². The summed E-state index contributed by atoms with van der Waals surface area (Å²) < 4.78 is 27.8. The molecule has 2 saturated heterocycles. The average molecular weight is 415 g/mol. The molecule has 0 unspecified atom stereocenters. The molecule has 0 radical (unpaired) electrons. The number of hydrogen-bond acceptors (Lipinski definition) is 3. The summed E-state index contributed by atoms with van der Waals surface area (Å²) in [5, 5.41) is 1.95. The van der Waals surface area contributed by atoms with Crippen molar-refractivity contribution in [3.05, 3.63) is 42.5 Å². The first-order chi connectivity index (χ1) is 13.9. The van der Waals surface area contributed by atoms with Crippen molar-refractivity contribution in [2.45, 2.75) is 62.9 Å². The van der Waals surface area contributed by atoms with E-state index in [0.29, 0.717) is 30.8 Å². The van der Waals surface area contributed by atoms with Crippen LogP contribution < -0.4 is 0 Å². The number of benzene rings is 2. The standard InChI is InChI=1S/C23H30N2O3S/c1-17-6-5-7-18(2)25(17)23(26)20-12-14-24(15-13-20)29(27,28)22-11-10-19-8-3-4-9-21(19)16-22/h3-4,8-11,16-18,20H,5-7,12-15H2,1-2H3/t17-,18-/m0/s1. The summed E-state index contributed by atoms with van der Waals surface area (Å²) in [7, 11) is -3.54. The van der Waals surface area contributed by atoms with Crippen molar-refractivity contribution in [3.63, 3.8) is 0 Å². The highest BCUT2D eigenvalue weighted by molar-refractivity contribution is 7.89. The van der Waals surface area contributed by atoms with Crippen molar-refractivity contribution in [2.75, 3.05) is 13.1 Å². The summed E-state index contributed by atoms with van der Waals surface area (Å²) in [5.41, 5.74) is 0. The molecule has 2 aliphatic rings. The van der Waals surface area contributed by atoms with Gasteiger partial charge < -0.3 is 4.90 Å². The zero-order valence-corrected chi connectivity index (χ0v) is 18.1. The smallest absolute Gasteiger partial charge is 0.243 e. The van der Waals surface area contributed by atoms with Gasteiger partial charge in [-0.1, -0.05) is 30.3 Å². The number of amides is 1. The number of carbonyl (C=O) groups excluding carboxylic acids is 1. The van der Waals surface area contributed by atoms with Gasteiger partial charge in [0, 0.05) is 31.1 Å². The normalized spacial score (nSPS) is 24.7. The van der Waals surface area contributed by atoms with Crippen LogP contribution in [-0.2, 0) is 14.8 Å². The minimum absolute atomic E-state index is 0.0685. The summed E-state index contributed by atoms with van der Waals surface area (Å²) in [5.74, 6) is 0.147. The van der Waals surface area contributed by atoms with Gasteiger partial charge in [0.15, 0.2) is 0 Å². The van der Waals surface area contributed by atoms with E-state index in [1.165, 1.54) is 6.42 Å². The van der Waals surface area contributed by atoms with Gasteiger partial charge >= 0.3 is 0 Å². The fourth-order valence-electron chi connectivity index (χ4n) is 4.89. The van der Waals surface area contributed by atoms with Crippen molar-refractivity contribution in [1.82, 2.24) is 9.21 Å². The summed E-state index contributed by atoms with van der Waals surface area (Å²) in [6, 6.07) is 13.6. The van der Waals surface area contributed by atoms with Crippen LogP contribution in [0.4, 0.5) is 0 Å². The van der Waals surface area contributed by atoms with E-state index in [1.54, 1.807) is 16.4 Å². The van der Waals surface area contributed by atoms with Gasteiger partial charge in [-0.15, -0.1) is 0 Å². The number of sulfonamides is 1. The van der Waals surface area contributed by atoms with Crippen LogP contribution in [0.1, 0.15) is 46.0 Å². The maximum Gasteiger partial charge on any atom is 0.243 e. The molecule has 2 fully saturated rings. The maximum absolute atomic E-state index is 13.1. The highest BCUT2D eigenvalue weighted by Crippen LogP contribution is 2.30. The van der Waals surface area contributed by atoms with E-state index in [-0.39, 0.29) is 23.9 Å². The predicted molar refractivity (Wildman–Crippen MR) is 115 cm³/mol. The van der Waals surface area contributed by atoms with Gasteiger partial charge in [-0.3, -0.25) is 4.79 Å². The number of fused-ring (bicyclic) bond motifs is 1. The zero-order chi connectivity index (χ0) is 20.6. The van der Waals surface area contributed by atoms with E-state index in [0.717, 1.165) is 23.6 Å². The molecule has 0 saturated carbocycles. The van der Waals surface area contributed by atoms with Gasteiger partial charge in [0.1, 0.15) is 0 Å². The molecule has 5 nitrogen and oxygen atoms in total. The molecule has 0 aromatic heterocycles. The number of nitrogens with zero attached hydrogens (tertiary/aromatic N) is 2. The molecule has 4 rings (SSSR count). The lowest BCUT2D eigenvalue weighted by Crippen LogP contribution is -2.52. The van der Waals surface area contributed by atoms with E-state index in [4.69, 9.17) is 0 Å². The van der Waals surface area contributed by atoms with Gasteiger partial charge in [0.05, 0.1) is 4.90 Å². The second-order valence-electron chi connectivity index (χ2n) is 8.56. The SMILES string of the molecule is C[C@H]1CCC[C@H](C)N1C(=O)C1CCN(S(=O)(=O)c2ccc3ccccc3c2)CC1. The first kappa shape index (κ1) is 20.4. The first-order valence-corrected chi connectivity index (χ1v) is 12.1. The highest BCUT2D eigenvalue weighted by Gasteiger charge is 2.37. The first-order valence-electron chi connectivity index (χ1n) is 10.7. The van der Waals surface area contributed by atoms with Gasteiger partial charge in [-0.2, -0.15) is 4.31 Å². The molecule has 1 amide bonds. The van der Waals surface area contributed by atoms with Crippen molar-refractivity contribution >= 4 is 26.7 Å². The van der Waals surface area contributed by atoms with Gasteiger partial charge in [0.2, 0.25) is 15.9 Å². The Morgan fingerprint density at radius 3 is 2.17 bits per heavy atom. The molecule has 2 aromatic rings. The fraction of sp³-hybridized carbons (Fsp3) is 0.522. The third-order valence-corrected chi connectivity index (χ3v) is 8.50. The molecule has 0 aliphatic carbocycles. The minimum Gasteiger partial charge on any atom is -0.337 e. The summed E-state index contributed by atoms with van der Waals surface area (Å²) in [4.78, 5) is 15.5. The van der Waals surface area contributed by atoms with E-state index >= 15 is 0 Å². The maximum atomic E-state index is 13.1. The van der Waals surface area contributed by atoms with Crippen LogP contribution in [0, 0.1) is 5.92 Å². The Bertz CT molecular complexity index is 986. The predicted octanol–water partition coefficient (Wildman–Crippen LogP) is 4.03. The average Bonchev–Trinajstić information content (AvgIpc) is 2.73. The molecule has 29 heavy (non-hydrogen) atoms. The Morgan fingerprint density at radius 2 is 1.52 bits per heavy atom. The van der Waals surface area contributed by atoms with E-state index in [1.807, 2.05) is 30.3 Å². The molecule has 0 bridgehead atoms. The number of rotatable bonds is 3. The molecule has 6 heteroatoms. The number of piperidine rings is 2. The molecular formula is C23H30N2O3S. The van der Waals surface area contributed by atoms with Crippen molar-refractivity contribution in [2.24, 2.45) is 5.92 Å². The van der Waals surface area contributed by atoms with Crippen LogP contribution >= 0.6 is 0 Å². The van der Waals surface area contributed by atoms with Gasteiger partial charge in [0.25, 0.3) is 0 Å². The van der Waals surface area contributed by atoms with E-state index in [9.17, 15) is 13.2 Å². The summed E-state index contributed by atoms with van der Waals surface area (Å²) >= 11 is 0. The minimum atomic E-state index is -3.54. The lowest BCUT2D eigenvalue weighted by Gasteiger charge is -2.42. The van der Waals surface area contributed by atoms with E-state index in [2.05, 4.69) is 18.7 Å². The molecule has 0 spiro atoms. The molecule has 156 valence electrons. The quantitative estimate of drug-likeness (QED) is 0.762. The molecule has 2 heterocycles. The van der Waals surface area contributed by atoms with Crippen LogP contribution in [0.15, 0.2) is 47.4 Å². The lowest BCUT2D eigenvalue weighted by atomic mass is 9.91. The molecular weight excluding hydrogens is 384 g/mol. The second-order valence-corrected chi connectivity index (χ2v) is 10.5. The molecule has 2 atom stereocenters. The fourth-order valence-corrected chi connectivity index (χ4v) is 6.39. The Kier molecular flexibility index (Phi) is 5.67. The number of hydrogen-bond donors (Lipinski definition) is 0. The van der Waals surface area contributed by atoms with Crippen LogP contribution in [-0.4, -0.2) is 48.7 Å². The van der Waals surface area contributed by atoms with Crippen LogP contribution in [0.2, 0.25) is 0 Å². The van der Waals surface area contributed by atoms with Gasteiger partial charge in [-0.25, -0.2) is 8.42 Å². The Morgan fingerprint density at radius 1 is 0.897 bits per heavy atom. The second kappa shape index (κ2) is 8.07. The summed E-state index contributed by atoms with van der Waals surface area (Å²) in [6.45, 7) is 5.07. The zero-order valence-electron chi connectivity index (χ0n) is 17.3. The number of carbonyl (C=O) groups is 1. The van der Waals surface area contributed by atoms with Gasteiger partial charge in [-0.05, 0) is 68.9 Å². The topological polar surface area (TPSA) is 57.7 Å². The highest BCUT2D eigenvalue weighted by atomic mass is 32.2. The Hall–Kier alpha value is -1.92.